The highest BCUT2D eigenvalue weighted by atomic mass is 79.9. The van der Waals surface area contributed by atoms with Crippen LogP contribution in [0.25, 0.3) is 0 Å². The van der Waals surface area contributed by atoms with E-state index >= 15 is 0 Å². The average molecular weight is 520 g/mol. The van der Waals surface area contributed by atoms with Crippen molar-refractivity contribution in [2.24, 2.45) is 5.73 Å². The van der Waals surface area contributed by atoms with Gasteiger partial charge in [0.1, 0.15) is 17.7 Å². The summed E-state index contributed by atoms with van der Waals surface area (Å²) in [7, 11) is 0. The van der Waals surface area contributed by atoms with Gasteiger partial charge < -0.3 is 16.0 Å². The number of amides is 2. The summed E-state index contributed by atoms with van der Waals surface area (Å²) < 4.78 is 28.8. The van der Waals surface area contributed by atoms with Crippen LogP contribution < -0.4 is 11.1 Å². The second kappa shape index (κ2) is 9.14. The molecule has 0 bridgehead atoms. The SMILES string of the molecule is CC1(N)CCN(C(=O)C(Cc2ccc(Br)cc2)NC(=O)C2(c3ccc(F)cc3F)CC2)CC1. The lowest BCUT2D eigenvalue weighted by Crippen LogP contribution is -2.56. The fraction of sp³-hybridized carbons (Fsp3) is 0.440. The van der Waals surface area contributed by atoms with Crippen LogP contribution in [0.3, 0.4) is 0 Å². The van der Waals surface area contributed by atoms with E-state index in [4.69, 9.17) is 5.73 Å². The Morgan fingerprint density at radius 1 is 1.09 bits per heavy atom. The second-order valence-electron chi connectivity index (χ2n) is 9.54. The number of hydrogen-bond acceptors (Lipinski definition) is 3. The number of nitrogens with two attached hydrogens (primary N) is 1. The molecule has 1 heterocycles. The Bertz CT molecular complexity index is 1040. The Hall–Kier alpha value is -2.32. The molecule has 3 N–H and O–H groups in total. The third-order valence-corrected chi connectivity index (χ3v) is 7.33. The van der Waals surface area contributed by atoms with Crippen LogP contribution in [0.15, 0.2) is 46.9 Å². The first-order valence-corrected chi connectivity index (χ1v) is 12.0. The molecule has 176 valence electrons. The Morgan fingerprint density at radius 3 is 2.30 bits per heavy atom. The smallest absolute Gasteiger partial charge is 0.245 e. The molecule has 1 aliphatic heterocycles. The third-order valence-electron chi connectivity index (χ3n) is 6.81. The Balaban J connectivity index is 1.55. The number of hydrogen-bond donors (Lipinski definition) is 2. The van der Waals surface area contributed by atoms with Crippen molar-refractivity contribution >= 4 is 27.7 Å². The molecule has 1 saturated heterocycles. The lowest BCUT2D eigenvalue weighted by Gasteiger charge is -2.38. The monoisotopic (exact) mass is 519 g/mol. The molecule has 2 aromatic rings. The highest BCUT2D eigenvalue weighted by molar-refractivity contribution is 9.10. The highest BCUT2D eigenvalue weighted by Gasteiger charge is 2.53. The van der Waals surface area contributed by atoms with E-state index in [1.165, 1.54) is 6.07 Å². The van der Waals surface area contributed by atoms with Gasteiger partial charge in [-0.2, -0.15) is 0 Å². The number of rotatable bonds is 6. The summed E-state index contributed by atoms with van der Waals surface area (Å²) in [4.78, 5) is 28.5. The zero-order valence-corrected chi connectivity index (χ0v) is 20.1. The van der Waals surface area contributed by atoms with E-state index in [9.17, 15) is 18.4 Å². The zero-order valence-electron chi connectivity index (χ0n) is 18.5. The number of carbonyl (C=O) groups is 2. The zero-order chi connectivity index (χ0) is 23.8. The maximum Gasteiger partial charge on any atom is 0.245 e. The fourth-order valence-corrected chi connectivity index (χ4v) is 4.70. The summed E-state index contributed by atoms with van der Waals surface area (Å²) in [5.41, 5.74) is 5.92. The number of nitrogens with one attached hydrogen (secondary N) is 1. The molecule has 1 unspecified atom stereocenters. The lowest BCUT2D eigenvalue weighted by molar-refractivity contribution is -0.138. The van der Waals surface area contributed by atoms with Crippen molar-refractivity contribution in [2.75, 3.05) is 13.1 Å². The third kappa shape index (κ3) is 5.27. The first kappa shape index (κ1) is 23.8. The molecule has 2 aromatic carbocycles. The van der Waals surface area contributed by atoms with E-state index in [-0.39, 0.29) is 17.0 Å². The van der Waals surface area contributed by atoms with Crippen LogP contribution in [0.4, 0.5) is 8.78 Å². The van der Waals surface area contributed by atoms with Crippen LogP contribution >= 0.6 is 15.9 Å². The fourth-order valence-electron chi connectivity index (χ4n) is 4.43. The van der Waals surface area contributed by atoms with E-state index in [2.05, 4.69) is 21.2 Å². The molecule has 1 aliphatic carbocycles. The molecule has 4 rings (SSSR count). The molecule has 33 heavy (non-hydrogen) atoms. The van der Waals surface area contributed by atoms with E-state index in [1.807, 2.05) is 31.2 Å². The molecule has 8 heteroatoms. The first-order valence-electron chi connectivity index (χ1n) is 11.2. The van der Waals surface area contributed by atoms with Crippen LogP contribution in [-0.2, 0) is 21.4 Å². The molecule has 2 fully saturated rings. The number of nitrogens with zero attached hydrogens (tertiary/aromatic N) is 1. The van der Waals surface area contributed by atoms with Gasteiger partial charge in [-0.05, 0) is 56.4 Å². The number of likely N-dealkylation sites (tertiary alicyclic amines) is 1. The number of piperidine rings is 1. The van der Waals surface area contributed by atoms with Crippen molar-refractivity contribution in [2.45, 2.75) is 56.0 Å². The van der Waals surface area contributed by atoms with Crippen LogP contribution in [-0.4, -0.2) is 41.4 Å². The number of carbonyl (C=O) groups excluding carboxylic acids is 2. The summed E-state index contributed by atoms with van der Waals surface area (Å²) in [6.45, 7) is 3.02. The predicted octanol–water partition coefficient (Wildman–Crippen LogP) is 3.83. The van der Waals surface area contributed by atoms with E-state index in [1.54, 1.807) is 4.90 Å². The molecule has 0 aromatic heterocycles. The van der Waals surface area contributed by atoms with E-state index in [0.717, 1.165) is 22.2 Å². The normalized spacial score (nSPS) is 19.6. The maximum atomic E-state index is 14.5. The van der Waals surface area contributed by atoms with Crippen molar-refractivity contribution in [3.8, 4) is 0 Å². The van der Waals surface area contributed by atoms with Gasteiger partial charge in [0.2, 0.25) is 11.8 Å². The quantitative estimate of drug-likeness (QED) is 0.608. The molecular weight excluding hydrogens is 492 g/mol. The molecule has 2 aliphatic rings. The van der Waals surface area contributed by atoms with Crippen molar-refractivity contribution in [1.29, 1.82) is 0 Å². The lowest BCUT2D eigenvalue weighted by atomic mass is 9.90. The minimum absolute atomic E-state index is 0.169. The van der Waals surface area contributed by atoms with E-state index in [0.29, 0.717) is 45.2 Å². The number of benzene rings is 2. The standard InChI is InChI=1S/C25H28BrF2N3O2/c1-24(29)10-12-31(13-11-24)22(32)21(14-16-2-4-17(26)5-3-16)30-23(33)25(8-9-25)19-7-6-18(27)15-20(19)28/h2-7,15,21H,8-14,29H2,1H3,(H,30,33). The average Bonchev–Trinajstić information content (AvgIpc) is 3.56. The van der Waals surface area contributed by atoms with Crippen molar-refractivity contribution in [3.05, 3.63) is 69.7 Å². The second-order valence-corrected chi connectivity index (χ2v) is 10.5. The molecule has 1 atom stereocenters. The molecule has 1 saturated carbocycles. The van der Waals surface area contributed by atoms with Gasteiger partial charge in [0.15, 0.2) is 0 Å². The van der Waals surface area contributed by atoms with Gasteiger partial charge in [0.05, 0.1) is 5.41 Å². The Kier molecular flexibility index (Phi) is 6.60. The van der Waals surface area contributed by atoms with Gasteiger partial charge in [-0.3, -0.25) is 9.59 Å². The van der Waals surface area contributed by atoms with Gasteiger partial charge in [-0.15, -0.1) is 0 Å². The van der Waals surface area contributed by atoms with Gasteiger partial charge in [0.25, 0.3) is 0 Å². The van der Waals surface area contributed by atoms with Gasteiger partial charge >= 0.3 is 0 Å². The summed E-state index contributed by atoms with van der Waals surface area (Å²) in [5.74, 6) is -1.99. The molecule has 5 nitrogen and oxygen atoms in total. The first-order chi connectivity index (χ1) is 15.6. The topological polar surface area (TPSA) is 75.4 Å². The Morgan fingerprint density at radius 2 is 1.73 bits per heavy atom. The van der Waals surface area contributed by atoms with Crippen molar-refractivity contribution < 1.29 is 18.4 Å². The van der Waals surface area contributed by atoms with Crippen LogP contribution in [0.5, 0.6) is 0 Å². The molecule has 0 radical (unpaired) electrons. The Labute approximate surface area is 200 Å². The van der Waals surface area contributed by atoms with Crippen molar-refractivity contribution in [1.82, 2.24) is 10.2 Å². The van der Waals surface area contributed by atoms with Crippen molar-refractivity contribution in [3.63, 3.8) is 0 Å². The van der Waals surface area contributed by atoms with Crippen LogP contribution in [0.1, 0.15) is 43.7 Å². The largest absolute Gasteiger partial charge is 0.343 e. The van der Waals surface area contributed by atoms with Gasteiger partial charge in [0, 0.05) is 41.2 Å². The molecular formula is C25H28BrF2N3O2. The molecule has 2 amide bonds. The van der Waals surface area contributed by atoms with Gasteiger partial charge in [-0.1, -0.05) is 34.1 Å². The van der Waals surface area contributed by atoms with E-state index < -0.39 is 29.0 Å². The summed E-state index contributed by atoms with van der Waals surface area (Å²) >= 11 is 3.41. The van der Waals surface area contributed by atoms with Crippen LogP contribution in [0.2, 0.25) is 0 Å². The number of halogens is 3. The summed E-state index contributed by atoms with van der Waals surface area (Å²) in [6, 6.07) is 10.1. The van der Waals surface area contributed by atoms with Gasteiger partial charge in [-0.25, -0.2) is 8.78 Å². The predicted molar refractivity (Wildman–Crippen MR) is 125 cm³/mol. The summed E-state index contributed by atoms with van der Waals surface area (Å²) in [6.07, 6.45) is 2.59. The van der Waals surface area contributed by atoms with Crippen LogP contribution in [0, 0.1) is 11.6 Å². The maximum absolute atomic E-state index is 14.5. The minimum Gasteiger partial charge on any atom is -0.343 e. The molecule has 0 spiro atoms. The summed E-state index contributed by atoms with van der Waals surface area (Å²) in [5, 5.41) is 2.91. The highest BCUT2D eigenvalue weighted by Crippen LogP contribution is 2.49. The minimum atomic E-state index is -1.06.